The molecule has 1 aliphatic rings. The summed E-state index contributed by atoms with van der Waals surface area (Å²) in [4.78, 5) is 12.0. The van der Waals surface area contributed by atoms with Crippen molar-refractivity contribution in [3.8, 4) is 0 Å². The number of rotatable bonds is 3. The fraction of sp³-hybridized carbons (Fsp3) is 0.500. The molecular formula is C14H15F3OS. The number of alkyl halides is 3. The predicted molar refractivity (Wildman–Crippen MR) is 70.4 cm³/mol. The maximum atomic E-state index is 12.6. The van der Waals surface area contributed by atoms with Crippen molar-refractivity contribution < 1.29 is 18.0 Å². The van der Waals surface area contributed by atoms with Crippen molar-refractivity contribution in [2.75, 3.05) is 11.5 Å². The fourth-order valence-corrected chi connectivity index (χ4v) is 3.40. The SMILES string of the molecule is O=C(CC1CCSCC1)c1cccc(C(F)(F)F)c1. The maximum absolute atomic E-state index is 12.6. The van der Waals surface area contributed by atoms with Crippen LogP contribution < -0.4 is 0 Å². The Kier molecular flexibility index (Phi) is 4.55. The van der Waals surface area contributed by atoms with Gasteiger partial charge in [0.15, 0.2) is 5.78 Å². The number of hydrogen-bond acceptors (Lipinski definition) is 2. The minimum Gasteiger partial charge on any atom is -0.294 e. The molecule has 0 bridgehead atoms. The summed E-state index contributed by atoms with van der Waals surface area (Å²) >= 11 is 1.87. The van der Waals surface area contributed by atoms with E-state index in [2.05, 4.69) is 0 Å². The van der Waals surface area contributed by atoms with E-state index >= 15 is 0 Å². The third kappa shape index (κ3) is 4.00. The second-order valence-corrected chi connectivity index (χ2v) is 5.99. The molecule has 5 heteroatoms. The summed E-state index contributed by atoms with van der Waals surface area (Å²) in [5.41, 5.74) is -0.578. The Morgan fingerprint density at radius 3 is 2.58 bits per heavy atom. The summed E-state index contributed by atoms with van der Waals surface area (Å²) < 4.78 is 37.7. The number of hydrogen-bond donors (Lipinski definition) is 0. The van der Waals surface area contributed by atoms with E-state index in [-0.39, 0.29) is 11.3 Å². The van der Waals surface area contributed by atoms with Crippen molar-refractivity contribution in [3.05, 3.63) is 35.4 Å². The minimum atomic E-state index is -4.39. The van der Waals surface area contributed by atoms with E-state index in [1.54, 1.807) is 0 Å². The van der Waals surface area contributed by atoms with E-state index in [0.717, 1.165) is 36.5 Å². The Morgan fingerprint density at radius 1 is 1.26 bits per heavy atom. The van der Waals surface area contributed by atoms with Gasteiger partial charge in [0.1, 0.15) is 0 Å². The van der Waals surface area contributed by atoms with Crippen LogP contribution in [0.25, 0.3) is 0 Å². The number of thioether (sulfide) groups is 1. The van der Waals surface area contributed by atoms with Gasteiger partial charge in [-0.25, -0.2) is 0 Å². The van der Waals surface area contributed by atoms with Crippen LogP contribution in [0.1, 0.15) is 35.2 Å². The van der Waals surface area contributed by atoms with E-state index in [0.29, 0.717) is 12.3 Å². The second kappa shape index (κ2) is 5.99. The largest absolute Gasteiger partial charge is 0.416 e. The first-order valence-electron chi connectivity index (χ1n) is 6.25. The quantitative estimate of drug-likeness (QED) is 0.766. The Bertz CT molecular complexity index is 450. The van der Waals surface area contributed by atoms with E-state index < -0.39 is 11.7 Å². The highest BCUT2D eigenvalue weighted by molar-refractivity contribution is 7.99. The minimum absolute atomic E-state index is 0.174. The Morgan fingerprint density at radius 2 is 1.95 bits per heavy atom. The average molecular weight is 288 g/mol. The predicted octanol–water partition coefficient (Wildman–Crippen LogP) is 4.42. The molecule has 0 radical (unpaired) electrons. The van der Waals surface area contributed by atoms with Gasteiger partial charge in [0.05, 0.1) is 5.56 Å². The van der Waals surface area contributed by atoms with Gasteiger partial charge in [-0.3, -0.25) is 4.79 Å². The van der Waals surface area contributed by atoms with Crippen molar-refractivity contribution in [1.82, 2.24) is 0 Å². The molecule has 0 N–H and O–H groups in total. The first kappa shape index (κ1) is 14.4. The molecule has 2 rings (SSSR count). The van der Waals surface area contributed by atoms with Crippen LogP contribution >= 0.6 is 11.8 Å². The zero-order valence-electron chi connectivity index (χ0n) is 10.4. The van der Waals surface area contributed by atoms with Gasteiger partial charge in [0.25, 0.3) is 0 Å². The van der Waals surface area contributed by atoms with E-state index in [4.69, 9.17) is 0 Å². The summed E-state index contributed by atoms with van der Waals surface area (Å²) in [6.45, 7) is 0. The molecule has 1 fully saturated rings. The van der Waals surface area contributed by atoms with Crippen LogP contribution in [0.3, 0.4) is 0 Å². The van der Waals surface area contributed by atoms with Gasteiger partial charge in [-0.2, -0.15) is 24.9 Å². The van der Waals surface area contributed by atoms with Crippen LogP contribution in [0.4, 0.5) is 13.2 Å². The zero-order chi connectivity index (χ0) is 13.9. The summed E-state index contributed by atoms with van der Waals surface area (Å²) in [6.07, 6.45) is -2.07. The van der Waals surface area contributed by atoms with Crippen molar-refractivity contribution in [2.45, 2.75) is 25.4 Å². The van der Waals surface area contributed by atoms with Crippen LogP contribution in [0, 0.1) is 5.92 Å². The molecule has 0 aliphatic carbocycles. The number of halogens is 3. The highest BCUT2D eigenvalue weighted by Crippen LogP contribution is 2.31. The number of benzene rings is 1. The Labute approximate surface area is 114 Å². The van der Waals surface area contributed by atoms with E-state index in [1.807, 2.05) is 11.8 Å². The molecule has 0 saturated carbocycles. The summed E-state index contributed by atoms with van der Waals surface area (Å²) in [6, 6.07) is 4.72. The molecule has 0 aromatic heterocycles. The lowest BCUT2D eigenvalue weighted by Crippen LogP contribution is -2.15. The molecule has 1 saturated heterocycles. The molecule has 1 heterocycles. The van der Waals surface area contributed by atoms with Crippen LogP contribution in [0.15, 0.2) is 24.3 Å². The second-order valence-electron chi connectivity index (χ2n) is 4.76. The smallest absolute Gasteiger partial charge is 0.294 e. The molecule has 1 aliphatic heterocycles. The van der Waals surface area contributed by atoms with Crippen molar-refractivity contribution >= 4 is 17.5 Å². The lowest BCUT2D eigenvalue weighted by atomic mass is 9.93. The third-order valence-electron chi connectivity index (χ3n) is 3.33. The molecule has 0 amide bonds. The molecule has 0 unspecified atom stereocenters. The van der Waals surface area contributed by atoms with Crippen LogP contribution in [0.5, 0.6) is 0 Å². The van der Waals surface area contributed by atoms with Crippen molar-refractivity contribution in [3.63, 3.8) is 0 Å². The lowest BCUT2D eigenvalue weighted by molar-refractivity contribution is -0.137. The third-order valence-corrected chi connectivity index (χ3v) is 4.38. The molecular weight excluding hydrogens is 273 g/mol. The fourth-order valence-electron chi connectivity index (χ4n) is 2.20. The highest BCUT2D eigenvalue weighted by atomic mass is 32.2. The molecule has 19 heavy (non-hydrogen) atoms. The molecule has 0 spiro atoms. The first-order valence-corrected chi connectivity index (χ1v) is 7.40. The van der Waals surface area contributed by atoms with Gasteiger partial charge in [-0.1, -0.05) is 12.1 Å². The van der Waals surface area contributed by atoms with Crippen LogP contribution in [-0.4, -0.2) is 17.3 Å². The molecule has 1 nitrogen and oxygen atoms in total. The number of carbonyl (C=O) groups is 1. The molecule has 1 aromatic carbocycles. The van der Waals surface area contributed by atoms with Gasteiger partial charge in [-0.15, -0.1) is 0 Å². The van der Waals surface area contributed by atoms with E-state index in [1.165, 1.54) is 12.1 Å². The number of Topliss-reactive ketones (excluding diaryl/α,β-unsaturated/α-hetero) is 1. The molecule has 1 aromatic rings. The lowest BCUT2D eigenvalue weighted by Gasteiger charge is -2.20. The van der Waals surface area contributed by atoms with Crippen LogP contribution in [0.2, 0.25) is 0 Å². The van der Waals surface area contributed by atoms with Gasteiger partial charge in [-0.05, 0) is 42.4 Å². The van der Waals surface area contributed by atoms with E-state index in [9.17, 15) is 18.0 Å². The number of ketones is 1. The van der Waals surface area contributed by atoms with Crippen molar-refractivity contribution in [2.24, 2.45) is 5.92 Å². The normalized spacial score (nSPS) is 17.4. The first-order chi connectivity index (χ1) is 8.97. The Hall–Kier alpha value is -0.970. The Balaban J connectivity index is 2.06. The van der Waals surface area contributed by atoms with Gasteiger partial charge in [0.2, 0.25) is 0 Å². The maximum Gasteiger partial charge on any atom is 0.416 e. The summed E-state index contributed by atoms with van der Waals surface area (Å²) in [7, 11) is 0. The van der Waals surface area contributed by atoms with Crippen molar-refractivity contribution in [1.29, 1.82) is 0 Å². The topological polar surface area (TPSA) is 17.1 Å². The average Bonchev–Trinajstić information content (AvgIpc) is 2.39. The molecule has 104 valence electrons. The van der Waals surface area contributed by atoms with Gasteiger partial charge < -0.3 is 0 Å². The van der Waals surface area contributed by atoms with Gasteiger partial charge >= 0.3 is 6.18 Å². The zero-order valence-corrected chi connectivity index (χ0v) is 11.2. The number of carbonyl (C=O) groups excluding carboxylic acids is 1. The highest BCUT2D eigenvalue weighted by Gasteiger charge is 2.31. The van der Waals surface area contributed by atoms with Gasteiger partial charge in [0, 0.05) is 12.0 Å². The van der Waals surface area contributed by atoms with Crippen LogP contribution in [-0.2, 0) is 6.18 Å². The standard InChI is InChI=1S/C14H15F3OS/c15-14(16,17)12-3-1-2-11(9-12)13(18)8-10-4-6-19-7-5-10/h1-3,9-10H,4-8H2. The monoisotopic (exact) mass is 288 g/mol. The summed E-state index contributed by atoms with van der Waals surface area (Å²) in [5.74, 6) is 2.23. The molecule has 0 atom stereocenters. The summed E-state index contributed by atoms with van der Waals surface area (Å²) in [5, 5.41) is 0.